The Kier molecular flexibility index (Phi) is 3.58. The molecule has 2 unspecified atom stereocenters. The van der Waals surface area contributed by atoms with Crippen molar-refractivity contribution in [2.45, 2.75) is 52.0 Å². The molecular weight excluding hydrogens is 206 g/mol. The molecule has 0 spiro atoms. The summed E-state index contributed by atoms with van der Waals surface area (Å²) < 4.78 is 0. The van der Waals surface area contributed by atoms with E-state index in [9.17, 15) is 0 Å². The lowest BCUT2D eigenvalue weighted by molar-refractivity contribution is 0.414. The number of aryl methyl sites for hydroxylation is 1. The topological polar surface area (TPSA) is 12.0 Å². The van der Waals surface area contributed by atoms with Crippen molar-refractivity contribution in [2.75, 3.05) is 6.54 Å². The van der Waals surface area contributed by atoms with Crippen molar-refractivity contribution >= 4 is 0 Å². The number of benzene rings is 1. The maximum absolute atomic E-state index is 3.62. The quantitative estimate of drug-likeness (QED) is 0.832. The van der Waals surface area contributed by atoms with Crippen molar-refractivity contribution in [3.8, 4) is 0 Å². The lowest BCUT2D eigenvalue weighted by atomic mass is 10.00. The fourth-order valence-electron chi connectivity index (χ4n) is 2.51. The molecule has 2 rings (SSSR count). The van der Waals surface area contributed by atoms with Crippen LogP contribution in [0.5, 0.6) is 0 Å². The van der Waals surface area contributed by atoms with Crippen LogP contribution in [0.2, 0.25) is 0 Å². The van der Waals surface area contributed by atoms with Crippen LogP contribution in [0.3, 0.4) is 0 Å². The molecule has 0 aromatic heterocycles. The van der Waals surface area contributed by atoms with Crippen molar-refractivity contribution in [3.63, 3.8) is 0 Å². The van der Waals surface area contributed by atoms with Crippen molar-refractivity contribution < 1.29 is 0 Å². The van der Waals surface area contributed by atoms with Gasteiger partial charge >= 0.3 is 0 Å². The van der Waals surface area contributed by atoms with Gasteiger partial charge in [-0.05, 0) is 63.1 Å². The maximum Gasteiger partial charge on any atom is 0.00966 e. The van der Waals surface area contributed by atoms with E-state index in [0.717, 1.165) is 24.8 Å². The van der Waals surface area contributed by atoms with Crippen LogP contribution in [0.25, 0.3) is 0 Å². The second-order valence-electron chi connectivity index (χ2n) is 6.29. The first-order chi connectivity index (χ1) is 8.01. The molecule has 1 nitrogen and oxygen atoms in total. The molecule has 17 heavy (non-hydrogen) atoms. The fourth-order valence-corrected chi connectivity index (χ4v) is 2.51. The van der Waals surface area contributed by atoms with E-state index in [0.29, 0.717) is 0 Å². The largest absolute Gasteiger partial charge is 0.312 e. The molecule has 1 N–H and O–H groups in total. The van der Waals surface area contributed by atoms with Gasteiger partial charge in [0.2, 0.25) is 0 Å². The van der Waals surface area contributed by atoms with Crippen LogP contribution in [0.4, 0.5) is 0 Å². The van der Waals surface area contributed by atoms with E-state index in [1.807, 2.05) is 0 Å². The molecule has 2 atom stereocenters. The van der Waals surface area contributed by atoms with Gasteiger partial charge in [-0.25, -0.2) is 0 Å². The first kappa shape index (κ1) is 12.6. The molecule has 1 aliphatic carbocycles. The highest BCUT2D eigenvalue weighted by molar-refractivity contribution is 5.34. The molecule has 1 aliphatic rings. The Bertz CT molecular complexity index is 375. The molecule has 1 aromatic carbocycles. The van der Waals surface area contributed by atoms with E-state index >= 15 is 0 Å². The molecule has 0 amide bonds. The van der Waals surface area contributed by atoms with E-state index in [1.165, 1.54) is 12.0 Å². The Morgan fingerprint density at radius 1 is 1.24 bits per heavy atom. The molecule has 0 bridgehead atoms. The van der Waals surface area contributed by atoms with Crippen molar-refractivity contribution in [3.05, 3.63) is 35.4 Å². The highest BCUT2D eigenvalue weighted by Gasteiger charge is 2.39. The van der Waals surface area contributed by atoms with Gasteiger partial charge in [0.25, 0.3) is 0 Å². The Morgan fingerprint density at radius 2 is 1.94 bits per heavy atom. The smallest absolute Gasteiger partial charge is 0.00966 e. The van der Waals surface area contributed by atoms with Gasteiger partial charge in [-0.3, -0.25) is 0 Å². The van der Waals surface area contributed by atoms with Crippen molar-refractivity contribution in [1.29, 1.82) is 0 Å². The van der Waals surface area contributed by atoms with E-state index in [2.05, 4.69) is 57.3 Å². The summed E-state index contributed by atoms with van der Waals surface area (Å²) in [5.74, 6) is 1.66. The summed E-state index contributed by atoms with van der Waals surface area (Å²) in [6.45, 7) is 10.1. The van der Waals surface area contributed by atoms with Gasteiger partial charge in [0.05, 0.1) is 0 Å². The van der Waals surface area contributed by atoms with Gasteiger partial charge < -0.3 is 5.32 Å². The molecule has 0 saturated heterocycles. The fraction of sp³-hybridized carbons (Fsp3) is 0.625. The lowest BCUT2D eigenvalue weighted by Crippen LogP contribution is -2.37. The van der Waals surface area contributed by atoms with E-state index < -0.39 is 0 Å². The minimum atomic E-state index is 0.247. The third kappa shape index (κ3) is 3.32. The first-order valence-electron chi connectivity index (χ1n) is 6.84. The van der Waals surface area contributed by atoms with Gasteiger partial charge in [-0.15, -0.1) is 0 Å². The van der Waals surface area contributed by atoms with Crippen molar-refractivity contribution in [1.82, 2.24) is 5.32 Å². The summed E-state index contributed by atoms with van der Waals surface area (Å²) in [5, 5.41) is 3.62. The van der Waals surface area contributed by atoms with Crippen LogP contribution in [0, 0.1) is 5.92 Å². The molecule has 0 aliphatic heterocycles. The summed E-state index contributed by atoms with van der Waals surface area (Å²) in [4.78, 5) is 0. The SMILES string of the molecule is CCc1ccccc1C1CC1CNC(C)(C)C. The molecular formula is C16H25N. The average Bonchev–Trinajstić information content (AvgIpc) is 3.05. The summed E-state index contributed by atoms with van der Waals surface area (Å²) in [6, 6.07) is 8.94. The molecule has 94 valence electrons. The molecule has 1 fully saturated rings. The van der Waals surface area contributed by atoms with E-state index in [4.69, 9.17) is 0 Å². The first-order valence-corrected chi connectivity index (χ1v) is 6.84. The summed E-state index contributed by atoms with van der Waals surface area (Å²) in [6.07, 6.45) is 2.52. The molecule has 1 saturated carbocycles. The Morgan fingerprint density at radius 3 is 2.59 bits per heavy atom. The normalized spacial score (nSPS) is 23.8. The maximum atomic E-state index is 3.62. The molecule has 1 aromatic rings. The monoisotopic (exact) mass is 231 g/mol. The summed E-state index contributed by atoms with van der Waals surface area (Å²) >= 11 is 0. The van der Waals surface area contributed by atoms with E-state index in [-0.39, 0.29) is 5.54 Å². The molecule has 0 heterocycles. The van der Waals surface area contributed by atoms with Gasteiger partial charge in [0, 0.05) is 5.54 Å². The number of nitrogens with one attached hydrogen (secondary N) is 1. The minimum absolute atomic E-state index is 0.247. The zero-order valence-corrected chi connectivity index (χ0v) is 11.6. The summed E-state index contributed by atoms with van der Waals surface area (Å²) in [5.41, 5.74) is 3.38. The second-order valence-corrected chi connectivity index (χ2v) is 6.29. The standard InChI is InChI=1S/C16H25N/c1-5-12-8-6-7-9-14(12)15-10-13(15)11-17-16(2,3)4/h6-9,13,15,17H,5,10-11H2,1-4H3. The van der Waals surface area contributed by atoms with Crippen LogP contribution in [-0.2, 0) is 6.42 Å². The number of hydrogen-bond donors (Lipinski definition) is 1. The Labute approximate surface area is 106 Å². The number of hydrogen-bond acceptors (Lipinski definition) is 1. The van der Waals surface area contributed by atoms with Gasteiger partial charge in [-0.1, -0.05) is 31.2 Å². The lowest BCUT2D eigenvalue weighted by Gasteiger charge is -2.20. The minimum Gasteiger partial charge on any atom is -0.312 e. The van der Waals surface area contributed by atoms with Crippen LogP contribution in [-0.4, -0.2) is 12.1 Å². The van der Waals surface area contributed by atoms with Crippen LogP contribution < -0.4 is 5.32 Å². The zero-order valence-electron chi connectivity index (χ0n) is 11.6. The average molecular weight is 231 g/mol. The Hall–Kier alpha value is -0.820. The van der Waals surface area contributed by atoms with Gasteiger partial charge in [0.15, 0.2) is 0 Å². The van der Waals surface area contributed by atoms with Crippen LogP contribution in [0.15, 0.2) is 24.3 Å². The third-order valence-corrected chi connectivity index (χ3v) is 3.65. The predicted molar refractivity (Wildman–Crippen MR) is 74.4 cm³/mol. The number of rotatable bonds is 4. The van der Waals surface area contributed by atoms with Gasteiger partial charge in [-0.2, -0.15) is 0 Å². The van der Waals surface area contributed by atoms with Crippen LogP contribution >= 0.6 is 0 Å². The molecule has 0 radical (unpaired) electrons. The highest BCUT2D eigenvalue weighted by atomic mass is 15.0. The third-order valence-electron chi connectivity index (χ3n) is 3.65. The highest BCUT2D eigenvalue weighted by Crippen LogP contribution is 2.48. The van der Waals surface area contributed by atoms with Gasteiger partial charge in [0.1, 0.15) is 0 Å². The molecule has 1 heteroatoms. The van der Waals surface area contributed by atoms with Crippen molar-refractivity contribution in [2.24, 2.45) is 5.92 Å². The second kappa shape index (κ2) is 4.81. The van der Waals surface area contributed by atoms with Crippen LogP contribution in [0.1, 0.15) is 51.2 Å². The summed E-state index contributed by atoms with van der Waals surface area (Å²) in [7, 11) is 0. The zero-order chi connectivity index (χ0) is 12.5. The predicted octanol–water partition coefficient (Wildman–Crippen LogP) is 3.74. The Balaban J connectivity index is 1.94. The van der Waals surface area contributed by atoms with E-state index in [1.54, 1.807) is 5.56 Å².